The van der Waals surface area contributed by atoms with Crippen molar-refractivity contribution in [2.45, 2.75) is 49.9 Å². The van der Waals surface area contributed by atoms with Gasteiger partial charge in [-0.15, -0.1) is 0 Å². The van der Waals surface area contributed by atoms with Crippen LogP contribution in [0.25, 0.3) is 0 Å². The quantitative estimate of drug-likeness (QED) is 0.0633. The van der Waals surface area contributed by atoms with Crippen LogP contribution in [0.3, 0.4) is 0 Å². The Morgan fingerprint density at radius 2 is 1.41 bits per heavy atom. The predicted molar refractivity (Wildman–Crippen MR) is 174 cm³/mol. The molecule has 49 heavy (non-hydrogen) atoms. The lowest BCUT2D eigenvalue weighted by atomic mass is 9.91. The first-order chi connectivity index (χ1) is 23.1. The minimum Gasteiger partial charge on any atom is -0.475 e. The van der Waals surface area contributed by atoms with E-state index in [9.17, 15) is 27.6 Å². The molecule has 0 saturated heterocycles. The summed E-state index contributed by atoms with van der Waals surface area (Å²) in [5.41, 5.74) is 19.3. The molecule has 0 aliphatic rings. The molecule has 0 radical (unpaired) electrons. The van der Waals surface area contributed by atoms with Crippen molar-refractivity contribution < 1.29 is 37.5 Å². The fourth-order valence-corrected chi connectivity index (χ4v) is 4.42. The zero-order valence-corrected chi connectivity index (χ0v) is 26.2. The number of amides is 3. The van der Waals surface area contributed by atoms with Gasteiger partial charge in [0, 0.05) is 30.9 Å². The molecule has 262 valence electrons. The monoisotopic (exact) mass is 685 g/mol. The molecule has 14 nitrogen and oxygen atoms in total. The number of benzene rings is 2. The van der Waals surface area contributed by atoms with E-state index in [2.05, 4.69) is 20.9 Å². The second-order valence-corrected chi connectivity index (χ2v) is 10.7. The molecular formula is C32H38F3N9O5. The van der Waals surface area contributed by atoms with Crippen molar-refractivity contribution in [2.75, 3.05) is 6.54 Å². The number of pyridine rings is 1. The standard InChI is InChI=1S/C30H37N9O3.C2HF3O2/c31-26(32)21-12-10-20(11-13-21)16-23(22-8-4-14-36-18-22)28(41)39-25(17-19-6-2-1-3-7-19)29(42)38-24(27(33)40)9-5-15-37-30(34)35;3-2(4,5)1(6)7/h1-4,6-8,10-14,18,23-25H,5,9,15-17H2,(H3,31,32)(H2,33,40)(H,38,42)(H,39,41)(H4,34,35,37);(H,6,7)/t23-,24+,25+;/m1./s1. The number of rotatable bonds is 15. The van der Waals surface area contributed by atoms with E-state index in [1.54, 1.807) is 48.8 Å². The predicted octanol–water partition coefficient (Wildman–Crippen LogP) is 1.29. The van der Waals surface area contributed by atoms with Crippen LogP contribution < -0.4 is 33.2 Å². The van der Waals surface area contributed by atoms with Crippen molar-refractivity contribution >= 4 is 35.5 Å². The fraction of sp³-hybridized carbons (Fsp3) is 0.281. The average Bonchev–Trinajstić information content (AvgIpc) is 3.05. The SMILES string of the molecule is N=C(N)NCCC[C@H](NC(=O)[C@H](Cc1ccccc1)NC(=O)[C@H](Cc1ccc(C(=N)N)cc1)c1cccnc1)C(N)=O.O=C(O)C(F)(F)F. The van der Waals surface area contributed by atoms with Crippen LogP contribution in [0.15, 0.2) is 79.1 Å². The highest BCUT2D eigenvalue weighted by Crippen LogP contribution is 2.22. The molecule has 3 rings (SSSR count). The zero-order chi connectivity index (χ0) is 36.6. The van der Waals surface area contributed by atoms with E-state index < -0.39 is 47.9 Å². The maximum absolute atomic E-state index is 13.8. The Bertz CT molecular complexity index is 1570. The summed E-state index contributed by atoms with van der Waals surface area (Å²) in [5, 5.41) is 30.2. The molecule has 3 amide bonds. The molecule has 0 aliphatic carbocycles. The van der Waals surface area contributed by atoms with Gasteiger partial charge in [0.15, 0.2) is 5.96 Å². The molecule has 0 saturated carbocycles. The largest absolute Gasteiger partial charge is 0.490 e. The topological polar surface area (TPSA) is 263 Å². The number of nitrogens with two attached hydrogens (primary N) is 3. The summed E-state index contributed by atoms with van der Waals surface area (Å²) in [6.07, 6.45) is -0.720. The van der Waals surface area contributed by atoms with Crippen LogP contribution in [0.1, 0.15) is 41.0 Å². The summed E-state index contributed by atoms with van der Waals surface area (Å²) < 4.78 is 31.7. The number of carbonyl (C=O) groups is 4. The highest BCUT2D eigenvalue weighted by atomic mass is 19.4. The van der Waals surface area contributed by atoms with E-state index >= 15 is 0 Å². The van der Waals surface area contributed by atoms with E-state index in [4.69, 9.17) is 37.9 Å². The number of hydrogen-bond acceptors (Lipinski definition) is 7. The Labute approximate surface area is 279 Å². The molecule has 0 bridgehead atoms. The lowest BCUT2D eigenvalue weighted by Crippen LogP contribution is -2.54. The van der Waals surface area contributed by atoms with E-state index in [-0.39, 0.29) is 24.6 Å². The number of nitrogen functional groups attached to an aromatic ring is 1. The summed E-state index contributed by atoms with van der Waals surface area (Å²) in [5.74, 6) is -5.34. The maximum atomic E-state index is 13.8. The van der Waals surface area contributed by atoms with Gasteiger partial charge in [0.2, 0.25) is 17.7 Å². The van der Waals surface area contributed by atoms with Crippen LogP contribution in [-0.4, -0.2) is 70.4 Å². The van der Waals surface area contributed by atoms with Gasteiger partial charge in [-0.05, 0) is 42.0 Å². The molecule has 1 aromatic heterocycles. The second kappa shape index (κ2) is 19.0. The van der Waals surface area contributed by atoms with Gasteiger partial charge in [0.1, 0.15) is 17.9 Å². The zero-order valence-electron chi connectivity index (χ0n) is 26.2. The molecule has 0 unspecified atom stereocenters. The lowest BCUT2D eigenvalue weighted by Gasteiger charge is -2.25. The molecule has 3 atom stereocenters. The number of halogens is 3. The summed E-state index contributed by atoms with van der Waals surface area (Å²) in [6.45, 7) is 0.333. The molecule has 3 aromatic rings. The van der Waals surface area contributed by atoms with E-state index in [0.717, 1.165) is 11.1 Å². The number of guanidine groups is 1. The third-order valence-electron chi connectivity index (χ3n) is 6.91. The lowest BCUT2D eigenvalue weighted by molar-refractivity contribution is -0.192. The Kier molecular flexibility index (Phi) is 15.2. The number of carboxylic acid groups (broad SMARTS) is 1. The Hall–Kier alpha value is -6.00. The van der Waals surface area contributed by atoms with E-state index in [0.29, 0.717) is 30.5 Å². The normalized spacial score (nSPS) is 12.6. The van der Waals surface area contributed by atoms with Crippen LogP contribution in [0, 0.1) is 10.8 Å². The molecule has 0 spiro atoms. The highest BCUT2D eigenvalue weighted by molar-refractivity contribution is 5.95. The van der Waals surface area contributed by atoms with Gasteiger partial charge in [-0.2, -0.15) is 13.2 Å². The number of nitrogens with one attached hydrogen (secondary N) is 5. The number of alkyl halides is 3. The fourth-order valence-electron chi connectivity index (χ4n) is 4.42. The van der Waals surface area contributed by atoms with Crippen LogP contribution in [-0.2, 0) is 32.0 Å². The maximum Gasteiger partial charge on any atom is 0.490 e. The summed E-state index contributed by atoms with van der Waals surface area (Å²) in [6, 6.07) is 17.8. The third-order valence-corrected chi connectivity index (χ3v) is 6.91. The molecule has 1 heterocycles. The van der Waals surface area contributed by atoms with Crippen LogP contribution in [0.4, 0.5) is 13.2 Å². The second-order valence-electron chi connectivity index (χ2n) is 10.7. The number of aromatic nitrogens is 1. The Balaban J connectivity index is 0.00000107. The van der Waals surface area contributed by atoms with Crippen LogP contribution in [0.2, 0.25) is 0 Å². The van der Waals surface area contributed by atoms with Crippen molar-refractivity contribution in [3.05, 3.63) is 101 Å². The summed E-state index contributed by atoms with van der Waals surface area (Å²) >= 11 is 0. The number of nitrogens with zero attached hydrogens (tertiary/aromatic N) is 1. The Morgan fingerprint density at radius 3 is 1.92 bits per heavy atom. The first kappa shape index (κ1) is 39.2. The van der Waals surface area contributed by atoms with Crippen LogP contribution >= 0.6 is 0 Å². The number of hydrogen-bond donors (Lipinski definition) is 9. The molecule has 0 fully saturated rings. The van der Waals surface area contributed by atoms with Gasteiger partial charge in [0.05, 0.1) is 5.92 Å². The number of aliphatic carboxylic acids is 1. The summed E-state index contributed by atoms with van der Waals surface area (Å²) in [4.78, 5) is 52.5. The highest BCUT2D eigenvalue weighted by Gasteiger charge is 2.38. The number of carboxylic acids is 1. The first-order valence-corrected chi connectivity index (χ1v) is 14.7. The Morgan fingerprint density at radius 1 is 0.816 bits per heavy atom. The number of primary amides is 1. The van der Waals surface area contributed by atoms with Gasteiger partial charge >= 0.3 is 12.1 Å². The van der Waals surface area contributed by atoms with Crippen molar-refractivity contribution in [3.8, 4) is 0 Å². The van der Waals surface area contributed by atoms with Crippen molar-refractivity contribution in [1.82, 2.24) is 20.9 Å². The van der Waals surface area contributed by atoms with E-state index in [1.165, 1.54) is 0 Å². The van der Waals surface area contributed by atoms with Crippen molar-refractivity contribution in [3.63, 3.8) is 0 Å². The van der Waals surface area contributed by atoms with Gasteiger partial charge in [-0.3, -0.25) is 30.2 Å². The number of amidine groups is 1. The van der Waals surface area contributed by atoms with Crippen molar-refractivity contribution in [1.29, 1.82) is 10.8 Å². The van der Waals surface area contributed by atoms with Gasteiger partial charge < -0.3 is 38.3 Å². The van der Waals surface area contributed by atoms with Gasteiger partial charge in [0.25, 0.3) is 0 Å². The third kappa shape index (κ3) is 14.1. The van der Waals surface area contributed by atoms with Gasteiger partial charge in [-0.25, -0.2) is 4.79 Å². The molecule has 2 aromatic carbocycles. The number of carbonyl (C=O) groups excluding carboxylic acids is 3. The molecule has 0 aliphatic heterocycles. The van der Waals surface area contributed by atoms with Crippen LogP contribution in [0.5, 0.6) is 0 Å². The first-order valence-electron chi connectivity index (χ1n) is 14.7. The minimum absolute atomic E-state index is 0.0535. The van der Waals surface area contributed by atoms with E-state index in [1.807, 2.05) is 30.3 Å². The molecular weight excluding hydrogens is 647 g/mol. The smallest absolute Gasteiger partial charge is 0.475 e. The van der Waals surface area contributed by atoms with Crippen molar-refractivity contribution in [2.24, 2.45) is 17.2 Å². The molecule has 17 heteroatoms. The molecule has 12 N–H and O–H groups in total. The summed E-state index contributed by atoms with van der Waals surface area (Å²) in [7, 11) is 0. The van der Waals surface area contributed by atoms with Gasteiger partial charge in [-0.1, -0.05) is 60.7 Å². The minimum atomic E-state index is -5.08. The average molecular weight is 686 g/mol.